The Balaban J connectivity index is 2.77. The SMILES string of the molecule is CCCC(C)(N)C(=O)Nc1cccc(NC(C)=O)c1. The van der Waals surface area contributed by atoms with Gasteiger partial charge >= 0.3 is 0 Å². The molecule has 5 nitrogen and oxygen atoms in total. The maximum Gasteiger partial charge on any atom is 0.244 e. The fourth-order valence-electron chi connectivity index (χ4n) is 1.78. The van der Waals surface area contributed by atoms with E-state index in [1.165, 1.54) is 6.92 Å². The number of rotatable bonds is 5. The van der Waals surface area contributed by atoms with Gasteiger partial charge in [0.1, 0.15) is 0 Å². The molecule has 0 bridgehead atoms. The Labute approximate surface area is 113 Å². The van der Waals surface area contributed by atoms with Crippen molar-refractivity contribution in [1.82, 2.24) is 0 Å². The van der Waals surface area contributed by atoms with Crippen LogP contribution in [0.2, 0.25) is 0 Å². The fourth-order valence-corrected chi connectivity index (χ4v) is 1.78. The van der Waals surface area contributed by atoms with E-state index in [-0.39, 0.29) is 11.8 Å². The van der Waals surface area contributed by atoms with Gasteiger partial charge in [0, 0.05) is 18.3 Å². The molecule has 0 saturated heterocycles. The van der Waals surface area contributed by atoms with Gasteiger partial charge < -0.3 is 16.4 Å². The number of benzene rings is 1. The Morgan fingerprint density at radius 2 is 1.84 bits per heavy atom. The summed E-state index contributed by atoms with van der Waals surface area (Å²) in [6.07, 6.45) is 1.45. The van der Waals surface area contributed by atoms with Gasteiger partial charge in [0.25, 0.3) is 0 Å². The van der Waals surface area contributed by atoms with Crippen molar-refractivity contribution in [2.75, 3.05) is 10.6 Å². The zero-order chi connectivity index (χ0) is 14.5. The number of carbonyl (C=O) groups is 2. The Hall–Kier alpha value is -1.88. The Bertz CT molecular complexity index is 470. The molecule has 0 fully saturated rings. The molecule has 1 aromatic rings. The van der Waals surface area contributed by atoms with Crippen LogP contribution in [0, 0.1) is 0 Å². The van der Waals surface area contributed by atoms with Crippen molar-refractivity contribution < 1.29 is 9.59 Å². The van der Waals surface area contributed by atoms with Crippen molar-refractivity contribution in [1.29, 1.82) is 0 Å². The van der Waals surface area contributed by atoms with Crippen molar-refractivity contribution >= 4 is 23.2 Å². The molecule has 1 rings (SSSR count). The molecule has 0 heterocycles. The standard InChI is InChI=1S/C14H21N3O2/c1-4-8-14(3,15)13(19)17-12-7-5-6-11(9-12)16-10(2)18/h5-7,9H,4,8,15H2,1-3H3,(H,16,18)(H,17,19). The molecule has 0 saturated carbocycles. The van der Waals surface area contributed by atoms with Gasteiger partial charge in [0.2, 0.25) is 11.8 Å². The molecule has 1 atom stereocenters. The highest BCUT2D eigenvalue weighted by Gasteiger charge is 2.27. The third-order valence-electron chi connectivity index (χ3n) is 2.73. The van der Waals surface area contributed by atoms with Crippen LogP contribution < -0.4 is 16.4 Å². The second kappa shape index (κ2) is 6.33. The van der Waals surface area contributed by atoms with E-state index >= 15 is 0 Å². The lowest BCUT2D eigenvalue weighted by molar-refractivity contribution is -0.120. The van der Waals surface area contributed by atoms with E-state index < -0.39 is 5.54 Å². The second-order valence-corrected chi connectivity index (χ2v) is 4.88. The summed E-state index contributed by atoms with van der Waals surface area (Å²) in [5, 5.41) is 5.43. The minimum Gasteiger partial charge on any atom is -0.326 e. The van der Waals surface area contributed by atoms with E-state index in [0.29, 0.717) is 17.8 Å². The zero-order valence-electron chi connectivity index (χ0n) is 11.6. The first kappa shape index (κ1) is 15.2. The second-order valence-electron chi connectivity index (χ2n) is 4.88. The monoisotopic (exact) mass is 263 g/mol. The van der Waals surface area contributed by atoms with E-state index in [2.05, 4.69) is 10.6 Å². The lowest BCUT2D eigenvalue weighted by Crippen LogP contribution is -2.48. The zero-order valence-corrected chi connectivity index (χ0v) is 11.6. The summed E-state index contributed by atoms with van der Waals surface area (Å²) in [4.78, 5) is 23.0. The van der Waals surface area contributed by atoms with Gasteiger partial charge in [-0.1, -0.05) is 19.4 Å². The largest absolute Gasteiger partial charge is 0.326 e. The summed E-state index contributed by atoms with van der Waals surface area (Å²) >= 11 is 0. The molecule has 4 N–H and O–H groups in total. The van der Waals surface area contributed by atoms with E-state index in [1.54, 1.807) is 31.2 Å². The highest BCUT2D eigenvalue weighted by Crippen LogP contribution is 2.17. The molecule has 0 aliphatic heterocycles. The van der Waals surface area contributed by atoms with E-state index in [1.807, 2.05) is 6.92 Å². The Morgan fingerprint density at radius 1 is 1.26 bits per heavy atom. The summed E-state index contributed by atoms with van der Waals surface area (Å²) in [5.41, 5.74) is 6.32. The van der Waals surface area contributed by atoms with Crippen molar-refractivity contribution in [3.63, 3.8) is 0 Å². The summed E-state index contributed by atoms with van der Waals surface area (Å²) in [5.74, 6) is -0.382. The first-order valence-electron chi connectivity index (χ1n) is 6.33. The van der Waals surface area contributed by atoms with Crippen LogP contribution in [0.15, 0.2) is 24.3 Å². The predicted molar refractivity (Wildman–Crippen MR) is 76.9 cm³/mol. The molecule has 0 aromatic heterocycles. The quantitative estimate of drug-likeness (QED) is 0.760. The van der Waals surface area contributed by atoms with Gasteiger partial charge in [-0.2, -0.15) is 0 Å². The minimum atomic E-state index is -0.890. The molecule has 0 radical (unpaired) electrons. The average Bonchev–Trinajstić information content (AvgIpc) is 2.28. The van der Waals surface area contributed by atoms with Crippen molar-refractivity contribution in [2.45, 2.75) is 39.2 Å². The summed E-state index contributed by atoms with van der Waals surface area (Å²) in [7, 11) is 0. The number of amides is 2. The lowest BCUT2D eigenvalue weighted by Gasteiger charge is -2.23. The molecule has 1 aromatic carbocycles. The fraction of sp³-hybridized carbons (Fsp3) is 0.429. The molecule has 19 heavy (non-hydrogen) atoms. The highest BCUT2D eigenvalue weighted by molar-refractivity contribution is 5.98. The van der Waals surface area contributed by atoms with Crippen LogP contribution in [-0.4, -0.2) is 17.4 Å². The topological polar surface area (TPSA) is 84.2 Å². The third-order valence-corrected chi connectivity index (χ3v) is 2.73. The van der Waals surface area contributed by atoms with Crippen LogP contribution in [0.5, 0.6) is 0 Å². The van der Waals surface area contributed by atoms with Crippen molar-refractivity contribution in [3.05, 3.63) is 24.3 Å². The van der Waals surface area contributed by atoms with Gasteiger partial charge in [0.05, 0.1) is 5.54 Å². The van der Waals surface area contributed by atoms with Crippen LogP contribution in [0.25, 0.3) is 0 Å². The number of carbonyl (C=O) groups excluding carboxylic acids is 2. The predicted octanol–water partition coefficient (Wildman–Crippen LogP) is 2.10. The molecular formula is C14H21N3O2. The van der Waals surface area contributed by atoms with Gasteiger partial charge in [0.15, 0.2) is 0 Å². The minimum absolute atomic E-state index is 0.155. The molecule has 0 spiro atoms. The number of anilines is 2. The van der Waals surface area contributed by atoms with Crippen LogP contribution in [-0.2, 0) is 9.59 Å². The highest BCUT2D eigenvalue weighted by atomic mass is 16.2. The van der Waals surface area contributed by atoms with E-state index in [0.717, 1.165) is 6.42 Å². The number of nitrogens with one attached hydrogen (secondary N) is 2. The van der Waals surface area contributed by atoms with Crippen LogP contribution in [0.4, 0.5) is 11.4 Å². The van der Waals surface area contributed by atoms with Crippen LogP contribution in [0.1, 0.15) is 33.6 Å². The van der Waals surface area contributed by atoms with Crippen molar-refractivity contribution in [2.24, 2.45) is 5.73 Å². The van der Waals surface area contributed by atoms with Crippen LogP contribution >= 0.6 is 0 Å². The Kier molecular flexibility index (Phi) is 5.06. The molecule has 2 amide bonds. The molecule has 104 valence electrons. The smallest absolute Gasteiger partial charge is 0.244 e. The molecule has 5 heteroatoms. The number of hydrogen-bond donors (Lipinski definition) is 3. The van der Waals surface area contributed by atoms with Crippen molar-refractivity contribution in [3.8, 4) is 0 Å². The van der Waals surface area contributed by atoms with Crippen LogP contribution in [0.3, 0.4) is 0 Å². The average molecular weight is 263 g/mol. The van der Waals surface area contributed by atoms with Gasteiger partial charge in [-0.3, -0.25) is 9.59 Å². The number of nitrogens with two attached hydrogens (primary N) is 1. The normalized spacial score (nSPS) is 13.5. The first-order valence-corrected chi connectivity index (χ1v) is 6.33. The molecular weight excluding hydrogens is 242 g/mol. The molecule has 0 aliphatic carbocycles. The van der Waals surface area contributed by atoms with E-state index in [9.17, 15) is 9.59 Å². The maximum atomic E-state index is 12.0. The maximum absolute atomic E-state index is 12.0. The first-order chi connectivity index (χ1) is 8.85. The molecule has 0 aliphatic rings. The van der Waals surface area contributed by atoms with E-state index in [4.69, 9.17) is 5.73 Å². The van der Waals surface area contributed by atoms with Gasteiger partial charge in [-0.05, 0) is 31.5 Å². The number of hydrogen-bond acceptors (Lipinski definition) is 3. The summed E-state index contributed by atoms with van der Waals surface area (Å²) < 4.78 is 0. The van der Waals surface area contributed by atoms with Gasteiger partial charge in [-0.25, -0.2) is 0 Å². The molecule has 1 unspecified atom stereocenters. The third kappa shape index (κ3) is 4.71. The summed E-state index contributed by atoms with van der Waals surface area (Å²) in [6, 6.07) is 6.96. The lowest BCUT2D eigenvalue weighted by atomic mass is 9.96. The van der Waals surface area contributed by atoms with Gasteiger partial charge in [-0.15, -0.1) is 0 Å². The summed E-state index contributed by atoms with van der Waals surface area (Å²) in [6.45, 7) is 5.13. The Morgan fingerprint density at radius 3 is 2.37 bits per heavy atom.